The number of hydrogen-bond acceptors (Lipinski definition) is 2. The second-order valence-electron chi connectivity index (χ2n) is 5.32. The van der Waals surface area contributed by atoms with Gasteiger partial charge in [-0.25, -0.2) is 4.39 Å². The third kappa shape index (κ3) is 4.25. The quantitative estimate of drug-likeness (QED) is 0.810. The molecule has 1 aromatic rings. The molecule has 0 heterocycles. The van der Waals surface area contributed by atoms with Gasteiger partial charge >= 0.3 is 6.18 Å². The van der Waals surface area contributed by atoms with Crippen molar-refractivity contribution in [2.75, 3.05) is 11.9 Å². The number of rotatable bonds is 4. The maximum absolute atomic E-state index is 13.7. The Kier molecular flexibility index (Phi) is 4.96. The van der Waals surface area contributed by atoms with E-state index in [2.05, 4.69) is 5.32 Å². The lowest BCUT2D eigenvalue weighted by molar-refractivity contribution is -0.182. The van der Waals surface area contributed by atoms with Crippen molar-refractivity contribution in [3.63, 3.8) is 0 Å². The van der Waals surface area contributed by atoms with Gasteiger partial charge in [0.05, 0.1) is 12.5 Å². The molecule has 2 nitrogen and oxygen atoms in total. The summed E-state index contributed by atoms with van der Waals surface area (Å²) in [5.41, 5.74) is 0.490. The van der Waals surface area contributed by atoms with Crippen LogP contribution in [0.1, 0.15) is 32.6 Å². The third-order valence-electron chi connectivity index (χ3n) is 3.74. The number of nitrogens with one attached hydrogen (secondary N) is 1. The zero-order valence-corrected chi connectivity index (χ0v) is 11.8. The zero-order chi connectivity index (χ0) is 15.5. The fourth-order valence-electron chi connectivity index (χ4n) is 2.72. The molecule has 21 heavy (non-hydrogen) atoms. The third-order valence-corrected chi connectivity index (χ3v) is 3.74. The molecule has 2 rings (SSSR count). The van der Waals surface area contributed by atoms with Gasteiger partial charge in [0, 0.05) is 17.8 Å². The normalized spacial score (nSPS) is 22.9. The van der Waals surface area contributed by atoms with Gasteiger partial charge in [-0.1, -0.05) is 6.42 Å². The van der Waals surface area contributed by atoms with Crippen molar-refractivity contribution in [2.24, 2.45) is 5.92 Å². The maximum Gasteiger partial charge on any atom is 0.391 e. The van der Waals surface area contributed by atoms with E-state index in [-0.39, 0.29) is 24.6 Å². The lowest BCUT2D eigenvalue weighted by Gasteiger charge is -2.31. The highest BCUT2D eigenvalue weighted by Gasteiger charge is 2.42. The molecular weight excluding hydrogens is 286 g/mol. The Bertz CT molecular complexity index is 475. The first-order chi connectivity index (χ1) is 9.90. The molecule has 0 bridgehead atoms. The summed E-state index contributed by atoms with van der Waals surface area (Å²) in [5.74, 6) is -1.62. The smallest absolute Gasteiger partial charge is 0.391 e. The van der Waals surface area contributed by atoms with Crippen molar-refractivity contribution in [2.45, 2.75) is 44.8 Å². The summed E-state index contributed by atoms with van der Waals surface area (Å²) in [6.07, 6.45) is -2.73. The van der Waals surface area contributed by atoms with Gasteiger partial charge in [-0.05, 0) is 38.3 Å². The maximum atomic E-state index is 13.7. The predicted octanol–water partition coefficient (Wildman–Crippen LogP) is 4.76. The van der Waals surface area contributed by atoms with Crippen LogP contribution >= 0.6 is 0 Å². The number of hydrogen-bond donors (Lipinski definition) is 1. The first kappa shape index (κ1) is 15.9. The topological polar surface area (TPSA) is 21.3 Å². The van der Waals surface area contributed by atoms with E-state index in [9.17, 15) is 17.6 Å². The molecule has 1 saturated carbocycles. The monoisotopic (exact) mass is 305 g/mol. The number of halogens is 4. The van der Waals surface area contributed by atoms with Gasteiger partial charge < -0.3 is 10.1 Å². The van der Waals surface area contributed by atoms with Gasteiger partial charge in [-0.2, -0.15) is 13.2 Å². The van der Waals surface area contributed by atoms with Crippen molar-refractivity contribution in [1.29, 1.82) is 0 Å². The van der Waals surface area contributed by atoms with Crippen molar-refractivity contribution in [1.82, 2.24) is 0 Å². The molecule has 2 atom stereocenters. The second kappa shape index (κ2) is 6.54. The van der Waals surface area contributed by atoms with Crippen LogP contribution in [0.15, 0.2) is 18.2 Å². The Morgan fingerprint density at radius 1 is 1.29 bits per heavy atom. The summed E-state index contributed by atoms with van der Waals surface area (Å²) in [6.45, 7) is 2.12. The summed E-state index contributed by atoms with van der Waals surface area (Å²) in [4.78, 5) is 0. The molecule has 0 aliphatic heterocycles. The minimum atomic E-state index is -4.15. The molecule has 2 unspecified atom stereocenters. The van der Waals surface area contributed by atoms with Crippen LogP contribution in [0.5, 0.6) is 5.75 Å². The predicted molar refractivity (Wildman–Crippen MR) is 73.0 cm³/mol. The van der Waals surface area contributed by atoms with E-state index in [0.717, 1.165) is 0 Å². The van der Waals surface area contributed by atoms with Gasteiger partial charge in [0.1, 0.15) is 0 Å². The lowest BCUT2D eigenvalue weighted by Crippen LogP contribution is -2.34. The molecule has 1 N–H and O–H groups in total. The SMILES string of the molecule is CCOc1ccc(NC2CCCC(C(F)(F)F)C2)cc1F. The average Bonchev–Trinajstić information content (AvgIpc) is 2.41. The first-order valence-electron chi connectivity index (χ1n) is 7.15. The standard InChI is InChI=1S/C15H19F4NO/c1-2-21-14-7-6-12(9-13(14)16)20-11-5-3-4-10(8-11)15(17,18)19/h6-7,9-11,20H,2-5,8H2,1H3. The highest BCUT2D eigenvalue weighted by Crippen LogP contribution is 2.38. The molecular formula is C15H19F4NO. The van der Waals surface area contributed by atoms with E-state index >= 15 is 0 Å². The van der Waals surface area contributed by atoms with E-state index in [1.54, 1.807) is 13.0 Å². The van der Waals surface area contributed by atoms with Crippen LogP contribution in [-0.2, 0) is 0 Å². The summed E-state index contributed by atoms with van der Waals surface area (Å²) in [6, 6.07) is 4.11. The van der Waals surface area contributed by atoms with Gasteiger partial charge in [-0.3, -0.25) is 0 Å². The van der Waals surface area contributed by atoms with Crippen LogP contribution in [0.4, 0.5) is 23.2 Å². The van der Waals surface area contributed by atoms with E-state index in [1.165, 1.54) is 12.1 Å². The summed E-state index contributed by atoms with van der Waals surface area (Å²) in [7, 11) is 0. The summed E-state index contributed by atoms with van der Waals surface area (Å²) < 4.78 is 57.1. The van der Waals surface area contributed by atoms with E-state index in [0.29, 0.717) is 25.1 Å². The zero-order valence-electron chi connectivity index (χ0n) is 11.8. The molecule has 1 fully saturated rings. The Morgan fingerprint density at radius 2 is 2.05 bits per heavy atom. The number of anilines is 1. The Balaban J connectivity index is 1.99. The molecule has 1 aliphatic carbocycles. The minimum Gasteiger partial charge on any atom is -0.491 e. The van der Waals surface area contributed by atoms with E-state index in [1.807, 2.05) is 0 Å². The van der Waals surface area contributed by atoms with Gasteiger partial charge in [0.15, 0.2) is 11.6 Å². The highest BCUT2D eigenvalue weighted by atomic mass is 19.4. The molecule has 1 aliphatic rings. The van der Waals surface area contributed by atoms with E-state index < -0.39 is 17.9 Å². The molecule has 0 amide bonds. The average molecular weight is 305 g/mol. The number of ether oxygens (including phenoxy) is 1. The lowest BCUT2D eigenvalue weighted by atomic mass is 9.85. The molecule has 0 spiro atoms. The molecule has 0 aromatic heterocycles. The van der Waals surface area contributed by atoms with Gasteiger partial charge in [0.2, 0.25) is 0 Å². The number of benzene rings is 1. The molecule has 1 aromatic carbocycles. The van der Waals surface area contributed by atoms with Crippen LogP contribution < -0.4 is 10.1 Å². The van der Waals surface area contributed by atoms with Crippen LogP contribution in [0, 0.1) is 11.7 Å². The summed E-state index contributed by atoms with van der Waals surface area (Å²) >= 11 is 0. The van der Waals surface area contributed by atoms with Gasteiger partial charge in [0.25, 0.3) is 0 Å². The van der Waals surface area contributed by atoms with Gasteiger partial charge in [-0.15, -0.1) is 0 Å². The van der Waals surface area contributed by atoms with E-state index in [4.69, 9.17) is 4.74 Å². The van der Waals surface area contributed by atoms with Crippen molar-refractivity contribution in [3.8, 4) is 5.75 Å². The second-order valence-corrected chi connectivity index (χ2v) is 5.32. The largest absolute Gasteiger partial charge is 0.491 e. The number of alkyl halides is 3. The highest BCUT2D eigenvalue weighted by molar-refractivity contribution is 5.48. The fourth-order valence-corrected chi connectivity index (χ4v) is 2.72. The minimum absolute atomic E-state index is 0.0400. The van der Waals surface area contributed by atoms with Crippen molar-refractivity contribution >= 4 is 5.69 Å². The molecule has 6 heteroatoms. The first-order valence-corrected chi connectivity index (χ1v) is 7.15. The molecule has 0 saturated heterocycles. The van der Waals surface area contributed by atoms with Crippen LogP contribution in [0.25, 0.3) is 0 Å². The van der Waals surface area contributed by atoms with Crippen LogP contribution in [-0.4, -0.2) is 18.8 Å². The Morgan fingerprint density at radius 3 is 2.67 bits per heavy atom. The summed E-state index contributed by atoms with van der Waals surface area (Å²) in [5, 5.41) is 3.00. The Hall–Kier alpha value is -1.46. The van der Waals surface area contributed by atoms with Crippen LogP contribution in [0.2, 0.25) is 0 Å². The van der Waals surface area contributed by atoms with Crippen molar-refractivity contribution in [3.05, 3.63) is 24.0 Å². The fraction of sp³-hybridized carbons (Fsp3) is 0.600. The molecule has 0 radical (unpaired) electrons. The van der Waals surface area contributed by atoms with Crippen LogP contribution in [0.3, 0.4) is 0 Å². The Labute approximate surface area is 121 Å². The molecule has 118 valence electrons. The van der Waals surface area contributed by atoms with Crippen molar-refractivity contribution < 1.29 is 22.3 Å².